The van der Waals surface area contributed by atoms with E-state index in [0.29, 0.717) is 0 Å². The summed E-state index contributed by atoms with van der Waals surface area (Å²) in [6.45, 7) is 11.1. The van der Waals surface area contributed by atoms with Crippen LogP contribution in [-0.2, 0) is 18.3 Å². The summed E-state index contributed by atoms with van der Waals surface area (Å²) < 4.78 is -0.500. The fraction of sp³-hybridized carbons (Fsp3) is 0.273. The zero-order chi connectivity index (χ0) is 17.4. The van der Waals surface area contributed by atoms with Gasteiger partial charge in [-0.1, -0.05) is 0 Å². The smallest absolute Gasteiger partial charge is 1.00 e. The Labute approximate surface area is 180 Å². The summed E-state index contributed by atoms with van der Waals surface area (Å²) in [5, 5.41) is 0. The van der Waals surface area contributed by atoms with Gasteiger partial charge in [-0.25, -0.2) is 0 Å². The summed E-state index contributed by atoms with van der Waals surface area (Å²) in [5.41, 5.74) is 6.37. The minimum Gasteiger partial charge on any atom is -1.00 e. The van der Waals surface area contributed by atoms with Crippen molar-refractivity contribution in [2.75, 3.05) is 0 Å². The van der Waals surface area contributed by atoms with Crippen LogP contribution in [0.2, 0.25) is 26.2 Å². The SMILES string of the molecule is C[Si]1(C)[Si](C)(C)[Hf+2]1([CH]1C=Cc2ccccc21)[CH]1C=Cc2ccccc21.[Cl-].[Cl-]. The van der Waals surface area contributed by atoms with Gasteiger partial charge in [-0.15, -0.1) is 0 Å². The van der Waals surface area contributed by atoms with E-state index in [4.69, 9.17) is 0 Å². The van der Waals surface area contributed by atoms with E-state index in [2.05, 4.69) is 99.0 Å². The molecule has 0 bridgehead atoms. The third kappa shape index (κ3) is 2.48. The number of hydrogen-bond acceptors (Lipinski definition) is 0. The molecule has 0 nitrogen and oxygen atoms in total. The standard InChI is InChI=1S/2C9H7.C4H12Si2.2ClH.Hf/c2*1-2-5-9-7-3-6-8(9)4-1;1-5(2)6(3)4;;;/h2*1-7H;1-4H3;2*1H;/q;;;;;+2/p-2. The molecule has 0 saturated carbocycles. The van der Waals surface area contributed by atoms with Crippen LogP contribution in [0.1, 0.15) is 29.6 Å². The van der Waals surface area contributed by atoms with Crippen molar-refractivity contribution in [2.45, 2.75) is 33.5 Å². The maximum absolute atomic E-state index is 2.78. The Morgan fingerprint density at radius 1 is 0.630 bits per heavy atom. The van der Waals surface area contributed by atoms with Crippen LogP contribution in [-0.4, -0.2) is 9.56 Å². The van der Waals surface area contributed by atoms with Gasteiger partial charge in [-0.05, 0) is 0 Å². The molecule has 0 amide bonds. The van der Waals surface area contributed by atoms with Crippen molar-refractivity contribution in [3.63, 3.8) is 0 Å². The van der Waals surface area contributed by atoms with Crippen LogP contribution in [0.5, 0.6) is 0 Å². The van der Waals surface area contributed by atoms with Gasteiger partial charge in [0.2, 0.25) is 0 Å². The molecule has 0 aromatic heterocycles. The maximum atomic E-state index is 2.78. The van der Waals surface area contributed by atoms with Gasteiger partial charge in [0.15, 0.2) is 0 Å². The maximum Gasteiger partial charge on any atom is -1.00 e. The number of allylic oxidation sites excluding steroid dienone is 2. The van der Waals surface area contributed by atoms with Gasteiger partial charge in [0.25, 0.3) is 0 Å². The molecule has 1 saturated heterocycles. The third-order valence-electron chi connectivity index (χ3n) is 8.15. The predicted molar refractivity (Wildman–Crippen MR) is 111 cm³/mol. The molecule has 140 valence electrons. The summed E-state index contributed by atoms with van der Waals surface area (Å²) in [6.07, 6.45) is 10.2. The second-order valence-electron chi connectivity index (χ2n) is 9.05. The molecular weight excluding hydrogens is 570 g/mol. The Balaban J connectivity index is 0.00000105. The first kappa shape index (κ1) is 21.5. The number of halogens is 2. The zero-order valence-electron chi connectivity index (χ0n) is 16.3. The molecule has 0 N–H and O–H groups in total. The van der Waals surface area contributed by atoms with E-state index in [1.54, 1.807) is 11.1 Å². The van der Waals surface area contributed by atoms with Gasteiger partial charge in [-0.2, -0.15) is 0 Å². The molecule has 0 radical (unpaired) electrons. The normalized spacial score (nSPS) is 25.3. The topological polar surface area (TPSA) is 0 Å². The average Bonchev–Trinajstić information content (AvgIpc) is 3.07. The Bertz CT molecular complexity index is 871. The molecule has 3 aliphatic rings. The Hall–Kier alpha value is -0.196. The number of hydrogen-bond donors (Lipinski definition) is 0. The molecule has 27 heavy (non-hydrogen) atoms. The molecule has 5 rings (SSSR count). The number of benzene rings is 2. The van der Waals surface area contributed by atoms with Crippen LogP contribution >= 0.6 is 0 Å². The summed E-state index contributed by atoms with van der Waals surface area (Å²) in [4.78, 5) is 0. The van der Waals surface area contributed by atoms with Crippen LogP contribution in [0.25, 0.3) is 12.2 Å². The molecule has 2 aromatic carbocycles. The quantitative estimate of drug-likeness (QED) is 0.435. The summed E-state index contributed by atoms with van der Waals surface area (Å²) >= 11 is -2.60. The predicted octanol–water partition coefficient (Wildman–Crippen LogP) is 0.187. The molecule has 0 spiro atoms. The van der Waals surface area contributed by atoms with Crippen LogP contribution in [0.3, 0.4) is 0 Å². The van der Waals surface area contributed by atoms with Gasteiger partial charge in [-0.3, -0.25) is 0 Å². The fourth-order valence-corrected chi connectivity index (χ4v) is 253. The van der Waals surface area contributed by atoms with Gasteiger partial charge in [0.05, 0.1) is 0 Å². The van der Waals surface area contributed by atoms with Crippen molar-refractivity contribution in [3.05, 3.63) is 82.9 Å². The van der Waals surface area contributed by atoms with E-state index in [1.165, 1.54) is 11.1 Å². The Morgan fingerprint density at radius 2 is 1.00 bits per heavy atom. The van der Waals surface area contributed by atoms with Crippen LogP contribution in [0.4, 0.5) is 0 Å². The molecular formula is C22H26Cl2HfSi2. The molecule has 1 heterocycles. The van der Waals surface area contributed by atoms with E-state index < -0.39 is 27.9 Å². The number of fused-ring (bicyclic) bond motifs is 2. The third-order valence-corrected chi connectivity index (χ3v) is 167. The summed E-state index contributed by atoms with van der Waals surface area (Å²) in [6, 6.07) is 18.5. The van der Waals surface area contributed by atoms with Crippen LogP contribution in [0, 0.1) is 0 Å². The van der Waals surface area contributed by atoms with E-state index in [9.17, 15) is 0 Å². The number of rotatable bonds is 2. The molecule has 2 aliphatic carbocycles. The molecule has 2 atom stereocenters. The summed E-state index contributed by atoms with van der Waals surface area (Å²) in [7, 11) is 0. The first-order valence-corrected chi connectivity index (χ1v) is 31.4. The average molecular weight is 596 g/mol. The van der Waals surface area contributed by atoms with Crippen LogP contribution in [0.15, 0.2) is 60.7 Å². The van der Waals surface area contributed by atoms with Gasteiger partial charge in [0, 0.05) is 0 Å². The molecule has 2 unspecified atom stereocenters. The van der Waals surface area contributed by atoms with E-state index in [-0.39, 0.29) is 24.8 Å². The van der Waals surface area contributed by atoms with E-state index in [0.717, 1.165) is 7.35 Å². The van der Waals surface area contributed by atoms with Crippen molar-refractivity contribution < 1.29 is 43.1 Å². The van der Waals surface area contributed by atoms with Crippen molar-refractivity contribution in [2.24, 2.45) is 0 Å². The molecule has 1 aliphatic heterocycles. The van der Waals surface area contributed by atoms with Gasteiger partial charge in [0.1, 0.15) is 0 Å². The van der Waals surface area contributed by atoms with Crippen molar-refractivity contribution in [1.29, 1.82) is 0 Å². The largest absolute Gasteiger partial charge is 1.00 e. The van der Waals surface area contributed by atoms with Crippen molar-refractivity contribution >= 4 is 21.7 Å². The first-order valence-electron chi connectivity index (χ1n) is 9.47. The van der Waals surface area contributed by atoms with Crippen LogP contribution < -0.4 is 24.8 Å². The van der Waals surface area contributed by atoms with Gasteiger partial charge >= 0.3 is 156 Å². The van der Waals surface area contributed by atoms with Gasteiger partial charge < -0.3 is 24.8 Å². The van der Waals surface area contributed by atoms with Crippen molar-refractivity contribution in [3.8, 4) is 0 Å². The van der Waals surface area contributed by atoms with E-state index in [1.807, 2.05) is 0 Å². The molecule has 5 heteroatoms. The second-order valence-corrected chi connectivity index (χ2v) is 89.1. The monoisotopic (exact) mass is 596 g/mol. The van der Waals surface area contributed by atoms with Crippen molar-refractivity contribution in [1.82, 2.24) is 0 Å². The minimum absolute atomic E-state index is 0. The first-order chi connectivity index (χ1) is 11.9. The Morgan fingerprint density at radius 3 is 1.37 bits per heavy atom. The fourth-order valence-electron chi connectivity index (χ4n) is 6.44. The molecule has 1 fully saturated rings. The van der Waals surface area contributed by atoms with E-state index >= 15 is 0 Å². The Kier molecular flexibility index (Phi) is 5.53. The zero-order valence-corrected chi connectivity index (χ0v) is 23.4. The minimum atomic E-state index is -2.60. The summed E-state index contributed by atoms with van der Waals surface area (Å²) in [5.74, 6) is 0. The second kappa shape index (κ2) is 6.95. The molecule has 2 aromatic rings.